The van der Waals surface area contributed by atoms with Gasteiger partial charge in [-0.25, -0.2) is 0 Å². The molecule has 2 amide bonds. The Balaban J connectivity index is 2.59. The van der Waals surface area contributed by atoms with Crippen LogP contribution in [0.5, 0.6) is 0 Å². The highest BCUT2D eigenvalue weighted by Crippen LogP contribution is 2.22. The predicted octanol–water partition coefficient (Wildman–Crippen LogP) is 0.349. The molecule has 0 atom stereocenters. The first-order valence-corrected chi connectivity index (χ1v) is 5.19. The van der Waals surface area contributed by atoms with Crippen LogP contribution in [0.3, 0.4) is 0 Å². The summed E-state index contributed by atoms with van der Waals surface area (Å²) < 4.78 is 4.49. The SMILES string of the molecule is CC(=O)OCC(=O)Nc1sccc1C(N)=O. The summed E-state index contributed by atoms with van der Waals surface area (Å²) in [5.74, 6) is -1.68. The van der Waals surface area contributed by atoms with Crippen molar-refractivity contribution in [2.75, 3.05) is 11.9 Å². The molecule has 1 aromatic rings. The average Bonchev–Trinajstić information content (AvgIpc) is 2.62. The van der Waals surface area contributed by atoms with Gasteiger partial charge in [0.1, 0.15) is 5.00 Å². The molecule has 0 spiro atoms. The lowest BCUT2D eigenvalue weighted by Gasteiger charge is -2.04. The first-order chi connectivity index (χ1) is 7.50. The van der Waals surface area contributed by atoms with Crippen LogP contribution in [0.2, 0.25) is 0 Å². The van der Waals surface area contributed by atoms with Gasteiger partial charge in [-0.15, -0.1) is 11.3 Å². The number of primary amides is 1. The van der Waals surface area contributed by atoms with Crippen molar-refractivity contribution in [3.63, 3.8) is 0 Å². The summed E-state index contributed by atoms with van der Waals surface area (Å²) in [6, 6.07) is 1.51. The van der Waals surface area contributed by atoms with Crippen molar-refractivity contribution in [3.05, 3.63) is 17.0 Å². The van der Waals surface area contributed by atoms with Gasteiger partial charge in [-0.3, -0.25) is 14.4 Å². The maximum Gasteiger partial charge on any atom is 0.303 e. The Morgan fingerprint density at radius 3 is 2.75 bits per heavy atom. The number of esters is 1. The lowest BCUT2D eigenvalue weighted by atomic mass is 10.3. The summed E-state index contributed by atoms with van der Waals surface area (Å²) in [5, 5.41) is 4.41. The number of nitrogens with two attached hydrogens (primary N) is 1. The van der Waals surface area contributed by atoms with Gasteiger partial charge in [-0.1, -0.05) is 0 Å². The van der Waals surface area contributed by atoms with Crippen LogP contribution in [0.15, 0.2) is 11.4 Å². The van der Waals surface area contributed by atoms with E-state index in [1.165, 1.54) is 24.3 Å². The second-order valence-corrected chi connectivity index (χ2v) is 3.77. The first kappa shape index (κ1) is 12.2. The van der Waals surface area contributed by atoms with E-state index >= 15 is 0 Å². The van der Waals surface area contributed by atoms with Crippen molar-refractivity contribution in [2.45, 2.75) is 6.92 Å². The molecule has 3 N–H and O–H groups in total. The molecule has 86 valence electrons. The van der Waals surface area contributed by atoms with Crippen molar-refractivity contribution in [1.82, 2.24) is 0 Å². The molecule has 6 nitrogen and oxygen atoms in total. The standard InChI is InChI=1S/C9H10N2O4S/c1-5(12)15-4-7(13)11-9-6(8(10)14)2-3-16-9/h2-3H,4H2,1H3,(H2,10,14)(H,11,13). The number of ether oxygens (including phenoxy) is 1. The highest BCUT2D eigenvalue weighted by Gasteiger charge is 2.12. The quantitative estimate of drug-likeness (QED) is 0.744. The van der Waals surface area contributed by atoms with Crippen LogP contribution >= 0.6 is 11.3 Å². The molecule has 0 aromatic carbocycles. The number of amides is 2. The van der Waals surface area contributed by atoms with Crippen LogP contribution in [-0.2, 0) is 14.3 Å². The van der Waals surface area contributed by atoms with Gasteiger partial charge >= 0.3 is 5.97 Å². The topological polar surface area (TPSA) is 98.5 Å². The number of hydrogen-bond acceptors (Lipinski definition) is 5. The predicted molar refractivity (Wildman–Crippen MR) is 58.1 cm³/mol. The largest absolute Gasteiger partial charge is 0.456 e. The third kappa shape index (κ3) is 3.35. The Hall–Kier alpha value is -1.89. The number of anilines is 1. The molecule has 7 heteroatoms. The van der Waals surface area contributed by atoms with Gasteiger partial charge in [0.2, 0.25) is 0 Å². The normalized spacial score (nSPS) is 9.56. The van der Waals surface area contributed by atoms with Crippen molar-refractivity contribution in [2.24, 2.45) is 5.73 Å². The maximum absolute atomic E-state index is 11.3. The molecule has 1 heterocycles. The molecule has 16 heavy (non-hydrogen) atoms. The number of hydrogen-bond donors (Lipinski definition) is 2. The molecule has 0 radical (unpaired) electrons. The van der Waals surface area contributed by atoms with E-state index in [2.05, 4.69) is 10.1 Å². The maximum atomic E-state index is 11.3. The number of rotatable bonds is 4. The van der Waals surface area contributed by atoms with Crippen LogP contribution in [0.4, 0.5) is 5.00 Å². The van der Waals surface area contributed by atoms with Crippen molar-refractivity contribution < 1.29 is 19.1 Å². The zero-order chi connectivity index (χ0) is 12.1. The molecule has 0 unspecified atom stereocenters. The van der Waals surface area contributed by atoms with Crippen molar-refractivity contribution >= 4 is 34.1 Å². The number of carbonyl (C=O) groups is 3. The monoisotopic (exact) mass is 242 g/mol. The van der Waals surface area contributed by atoms with Crippen molar-refractivity contribution in [1.29, 1.82) is 0 Å². The van der Waals surface area contributed by atoms with Crippen LogP contribution < -0.4 is 11.1 Å². The van der Waals surface area contributed by atoms with E-state index in [0.717, 1.165) is 0 Å². The minimum atomic E-state index is -0.621. The first-order valence-electron chi connectivity index (χ1n) is 4.31. The van der Waals surface area contributed by atoms with Crippen molar-refractivity contribution in [3.8, 4) is 0 Å². The van der Waals surface area contributed by atoms with Gasteiger partial charge in [0, 0.05) is 6.92 Å². The molecular weight excluding hydrogens is 232 g/mol. The molecule has 0 fully saturated rings. The van der Waals surface area contributed by atoms with Gasteiger partial charge in [0.25, 0.3) is 11.8 Å². The Morgan fingerprint density at radius 1 is 1.50 bits per heavy atom. The smallest absolute Gasteiger partial charge is 0.303 e. The highest BCUT2D eigenvalue weighted by molar-refractivity contribution is 7.14. The molecule has 0 aliphatic heterocycles. The summed E-state index contributed by atoms with van der Waals surface area (Å²) in [7, 11) is 0. The van der Waals surface area contributed by atoms with E-state index in [-0.39, 0.29) is 12.2 Å². The second kappa shape index (κ2) is 5.26. The molecule has 0 saturated heterocycles. The molecule has 0 bridgehead atoms. The Bertz CT molecular complexity index is 427. The summed E-state index contributed by atoms with van der Waals surface area (Å²) in [5.41, 5.74) is 5.33. The molecule has 0 aliphatic rings. The lowest BCUT2D eigenvalue weighted by Crippen LogP contribution is -2.21. The zero-order valence-electron chi connectivity index (χ0n) is 8.48. The van der Waals surface area contributed by atoms with Gasteiger partial charge in [0.15, 0.2) is 6.61 Å². The molecular formula is C9H10N2O4S. The number of thiophene rings is 1. The van der Waals surface area contributed by atoms with Crippen LogP contribution in [-0.4, -0.2) is 24.4 Å². The molecule has 0 saturated carbocycles. The fourth-order valence-electron chi connectivity index (χ4n) is 0.930. The van der Waals surface area contributed by atoms with Gasteiger partial charge < -0.3 is 15.8 Å². The summed E-state index contributed by atoms with van der Waals surface area (Å²) in [6.45, 7) is 0.818. The Labute approximate surface area is 95.4 Å². The van der Waals surface area contributed by atoms with E-state index in [0.29, 0.717) is 5.00 Å². The second-order valence-electron chi connectivity index (χ2n) is 2.86. The summed E-state index contributed by atoms with van der Waals surface area (Å²) in [4.78, 5) is 32.6. The van der Waals surface area contributed by atoms with Crippen LogP contribution in [0.25, 0.3) is 0 Å². The number of carbonyl (C=O) groups excluding carboxylic acids is 3. The van der Waals surface area contributed by atoms with E-state index in [9.17, 15) is 14.4 Å². The van der Waals surface area contributed by atoms with Crippen LogP contribution in [0, 0.1) is 0 Å². The highest BCUT2D eigenvalue weighted by atomic mass is 32.1. The molecule has 1 rings (SSSR count). The van der Waals surface area contributed by atoms with E-state index in [1.54, 1.807) is 5.38 Å². The van der Waals surface area contributed by atoms with E-state index < -0.39 is 17.8 Å². The molecule has 1 aromatic heterocycles. The Kier molecular flexibility index (Phi) is 4.01. The van der Waals surface area contributed by atoms with Gasteiger partial charge in [-0.05, 0) is 11.4 Å². The third-order valence-corrected chi connectivity index (χ3v) is 2.42. The van der Waals surface area contributed by atoms with Gasteiger partial charge in [-0.2, -0.15) is 0 Å². The summed E-state index contributed by atoms with van der Waals surface area (Å²) >= 11 is 1.17. The van der Waals surface area contributed by atoms with E-state index in [4.69, 9.17) is 5.73 Å². The number of nitrogens with one attached hydrogen (secondary N) is 1. The lowest BCUT2D eigenvalue weighted by molar-refractivity contribution is -0.144. The summed E-state index contributed by atoms with van der Waals surface area (Å²) in [6.07, 6.45) is 0. The zero-order valence-corrected chi connectivity index (χ0v) is 9.30. The fourth-order valence-corrected chi connectivity index (χ4v) is 1.74. The fraction of sp³-hybridized carbons (Fsp3) is 0.222. The van der Waals surface area contributed by atoms with E-state index in [1.807, 2.05) is 0 Å². The average molecular weight is 242 g/mol. The minimum Gasteiger partial charge on any atom is -0.456 e. The minimum absolute atomic E-state index is 0.237. The Morgan fingerprint density at radius 2 is 2.19 bits per heavy atom. The third-order valence-electron chi connectivity index (χ3n) is 1.59. The molecule has 0 aliphatic carbocycles. The van der Waals surface area contributed by atoms with Gasteiger partial charge in [0.05, 0.1) is 5.56 Å². The van der Waals surface area contributed by atoms with Crippen LogP contribution in [0.1, 0.15) is 17.3 Å².